The highest BCUT2D eigenvalue weighted by atomic mass is 35.5. The van der Waals surface area contributed by atoms with E-state index in [0.717, 1.165) is 23.4 Å². The fraction of sp³-hybridized carbons (Fsp3) is 0.267. The number of hydrogen-bond donors (Lipinski definition) is 1. The molecular weight excluding hydrogens is 260 g/mol. The Bertz CT molecular complexity index is 584. The number of rotatable bonds is 4. The van der Waals surface area contributed by atoms with E-state index in [-0.39, 0.29) is 0 Å². The Kier molecular flexibility index (Phi) is 4.40. The molecule has 0 amide bonds. The molecule has 0 bridgehead atoms. The highest BCUT2D eigenvalue weighted by molar-refractivity contribution is 6.32. The lowest BCUT2D eigenvalue weighted by molar-refractivity contribution is 0.461. The number of nitrogens with zero attached hydrogens (tertiary/aromatic N) is 1. The van der Waals surface area contributed by atoms with Crippen molar-refractivity contribution in [3.8, 4) is 11.6 Å². The molecule has 0 aliphatic carbocycles. The predicted octanol–water partition coefficient (Wildman–Crippen LogP) is 3.86. The van der Waals surface area contributed by atoms with Crippen molar-refractivity contribution in [1.29, 1.82) is 0 Å². The van der Waals surface area contributed by atoms with Gasteiger partial charge in [-0.1, -0.05) is 23.7 Å². The molecule has 1 aromatic heterocycles. The first kappa shape index (κ1) is 13.8. The van der Waals surface area contributed by atoms with Crippen LogP contribution in [0.1, 0.15) is 16.8 Å². The molecular formula is C15H17ClN2O. The van der Waals surface area contributed by atoms with E-state index >= 15 is 0 Å². The van der Waals surface area contributed by atoms with Gasteiger partial charge in [-0.2, -0.15) is 0 Å². The van der Waals surface area contributed by atoms with Crippen molar-refractivity contribution >= 4 is 11.6 Å². The molecule has 0 aliphatic rings. The van der Waals surface area contributed by atoms with Gasteiger partial charge in [0.15, 0.2) is 0 Å². The summed E-state index contributed by atoms with van der Waals surface area (Å²) in [4.78, 5) is 4.44. The molecule has 100 valence electrons. The summed E-state index contributed by atoms with van der Waals surface area (Å²) >= 11 is 6.10. The summed E-state index contributed by atoms with van der Waals surface area (Å²) in [7, 11) is 1.91. The Morgan fingerprint density at radius 3 is 2.68 bits per heavy atom. The molecule has 0 saturated heterocycles. The van der Waals surface area contributed by atoms with Gasteiger partial charge in [0.25, 0.3) is 0 Å². The number of pyridine rings is 1. The molecule has 4 heteroatoms. The Balaban J connectivity index is 2.24. The van der Waals surface area contributed by atoms with Gasteiger partial charge in [0, 0.05) is 18.3 Å². The number of benzene rings is 1. The molecule has 0 radical (unpaired) electrons. The zero-order valence-electron chi connectivity index (χ0n) is 11.3. The van der Waals surface area contributed by atoms with Gasteiger partial charge in [0.05, 0.1) is 5.02 Å². The van der Waals surface area contributed by atoms with Crippen LogP contribution in [0.3, 0.4) is 0 Å². The number of halogens is 1. The van der Waals surface area contributed by atoms with Crippen molar-refractivity contribution in [3.05, 3.63) is 52.2 Å². The lowest BCUT2D eigenvalue weighted by atomic mass is 10.2. The van der Waals surface area contributed by atoms with Crippen LogP contribution in [0.25, 0.3) is 0 Å². The Morgan fingerprint density at radius 2 is 2.00 bits per heavy atom. The monoisotopic (exact) mass is 276 g/mol. The van der Waals surface area contributed by atoms with E-state index < -0.39 is 0 Å². The molecule has 1 N–H and O–H groups in total. The summed E-state index contributed by atoms with van der Waals surface area (Å²) in [6.45, 7) is 4.76. The lowest BCUT2D eigenvalue weighted by Gasteiger charge is -2.10. The zero-order valence-corrected chi connectivity index (χ0v) is 12.1. The van der Waals surface area contributed by atoms with Gasteiger partial charge in [-0.3, -0.25) is 0 Å². The lowest BCUT2D eigenvalue weighted by Crippen LogP contribution is -2.07. The topological polar surface area (TPSA) is 34.1 Å². The molecule has 0 unspecified atom stereocenters. The highest BCUT2D eigenvalue weighted by Crippen LogP contribution is 2.29. The van der Waals surface area contributed by atoms with Gasteiger partial charge in [0.2, 0.25) is 5.88 Å². The molecule has 0 spiro atoms. The van der Waals surface area contributed by atoms with Gasteiger partial charge < -0.3 is 10.1 Å². The number of aryl methyl sites for hydroxylation is 2. The molecule has 0 fully saturated rings. The van der Waals surface area contributed by atoms with Gasteiger partial charge >= 0.3 is 0 Å². The summed E-state index contributed by atoms with van der Waals surface area (Å²) in [5, 5.41) is 3.70. The Hall–Kier alpha value is -1.58. The maximum absolute atomic E-state index is 6.10. The fourth-order valence-corrected chi connectivity index (χ4v) is 1.96. The maximum Gasteiger partial charge on any atom is 0.219 e. The van der Waals surface area contributed by atoms with Crippen molar-refractivity contribution in [2.75, 3.05) is 7.05 Å². The van der Waals surface area contributed by atoms with Crippen molar-refractivity contribution < 1.29 is 4.74 Å². The summed E-state index contributed by atoms with van der Waals surface area (Å²) in [5.74, 6) is 1.19. The van der Waals surface area contributed by atoms with E-state index in [1.54, 1.807) is 0 Å². The normalized spacial score (nSPS) is 10.5. The third kappa shape index (κ3) is 3.46. The highest BCUT2D eigenvalue weighted by Gasteiger charge is 2.06. The molecule has 19 heavy (non-hydrogen) atoms. The molecule has 2 rings (SSSR count). The second-order valence-corrected chi connectivity index (χ2v) is 4.87. The average Bonchev–Trinajstić information content (AvgIpc) is 2.37. The predicted molar refractivity (Wildman–Crippen MR) is 78.0 cm³/mol. The number of hydrogen-bond acceptors (Lipinski definition) is 3. The molecule has 2 aromatic rings. The van der Waals surface area contributed by atoms with E-state index in [1.165, 1.54) is 0 Å². The largest absolute Gasteiger partial charge is 0.437 e. The Morgan fingerprint density at radius 1 is 1.21 bits per heavy atom. The first-order chi connectivity index (χ1) is 9.10. The molecule has 0 aliphatic heterocycles. The third-order valence-corrected chi connectivity index (χ3v) is 3.15. The number of ether oxygens (including phenoxy) is 1. The van der Waals surface area contributed by atoms with Crippen LogP contribution in [0.2, 0.25) is 5.02 Å². The van der Waals surface area contributed by atoms with E-state index in [0.29, 0.717) is 16.7 Å². The maximum atomic E-state index is 6.10. The van der Waals surface area contributed by atoms with Crippen molar-refractivity contribution in [2.24, 2.45) is 0 Å². The van der Waals surface area contributed by atoms with Crippen LogP contribution in [0.4, 0.5) is 0 Å². The first-order valence-electron chi connectivity index (χ1n) is 6.15. The van der Waals surface area contributed by atoms with Gasteiger partial charge in [-0.25, -0.2) is 4.98 Å². The molecule has 0 atom stereocenters. The standard InChI is InChI=1S/C15H17ClN2O/c1-10-4-6-13(16)14(8-10)19-15-7-5-12(9-17-3)11(2)18-15/h4-8,17H,9H2,1-3H3. The van der Waals surface area contributed by atoms with Crippen molar-refractivity contribution in [2.45, 2.75) is 20.4 Å². The molecule has 1 heterocycles. The van der Waals surface area contributed by atoms with E-state index in [1.807, 2.05) is 51.2 Å². The third-order valence-electron chi connectivity index (χ3n) is 2.84. The number of aromatic nitrogens is 1. The second kappa shape index (κ2) is 6.04. The zero-order chi connectivity index (χ0) is 13.8. The smallest absolute Gasteiger partial charge is 0.219 e. The van der Waals surface area contributed by atoms with Crippen LogP contribution in [0, 0.1) is 13.8 Å². The van der Waals surface area contributed by atoms with E-state index in [2.05, 4.69) is 10.3 Å². The van der Waals surface area contributed by atoms with Crippen LogP contribution in [-0.4, -0.2) is 12.0 Å². The first-order valence-corrected chi connectivity index (χ1v) is 6.53. The minimum absolute atomic E-state index is 0.560. The fourth-order valence-electron chi connectivity index (χ4n) is 1.80. The number of nitrogens with one attached hydrogen (secondary N) is 1. The summed E-state index contributed by atoms with van der Waals surface area (Å²) in [6, 6.07) is 9.55. The summed E-state index contributed by atoms with van der Waals surface area (Å²) in [6.07, 6.45) is 0. The average molecular weight is 277 g/mol. The van der Waals surface area contributed by atoms with Crippen molar-refractivity contribution in [3.63, 3.8) is 0 Å². The second-order valence-electron chi connectivity index (χ2n) is 4.46. The van der Waals surface area contributed by atoms with Crippen LogP contribution < -0.4 is 10.1 Å². The van der Waals surface area contributed by atoms with E-state index in [9.17, 15) is 0 Å². The minimum Gasteiger partial charge on any atom is -0.437 e. The van der Waals surface area contributed by atoms with Gasteiger partial charge in [-0.15, -0.1) is 0 Å². The van der Waals surface area contributed by atoms with Crippen LogP contribution in [0.15, 0.2) is 30.3 Å². The van der Waals surface area contributed by atoms with Gasteiger partial charge in [0.1, 0.15) is 5.75 Å². The van der Waals surface area contributed by atoms with Crippen molar-refractivity contribution in [1.82, 2.24) is 10.3 Å². The van der Waals surface area contributed by atoms with Crippen LogP contribution in [-0.2, 0) is 6.54 Å². The molecule has 1 aromatic carbocycles. The van der Waals surface area contributed by atoms with E-state index in [4.69, 9.17) is 16.3 Å². The van der Waals surface area contributed by atoms with Gasteiger partial charge in [-0.05, 0) is 44.2 Å². The molecule has 0 saturated carbocycles. The summed E-state index contributed by atoms with van der Waals surface area (Å²) in [5.41, 5.74) is 3.21. The quantitative estimate of drug-likeness (QED) is 0.921. The van der Waals surface area contributed by atoms with Crippen LogP contribution in [0.5, 0.6) is 11.6 Å². The van der Waals surface area contributed by atoms with Crippen LogP contribution >= 0.6 is 11.6 Å². The summed E-state index contributed by atoms with van der Waals surface area (Å²) < 4.78 is 5.74. The SMILES string of the molecule is CNCc1ccc(Oc2cc(C)ccc2Cl)nc1C. The minimum atomic E-state index is 0.560. The molecule has 3 nitrogen and oxygen atoms in total. The Labute approximate surface area is 118 Å².